The lowest BCUT2D eigenvalue weighted by atomic mass is 9.84. The molecule has 1 N–H and O–H groups in total. The number of rotatable bonds is 3. The van der Waals surface area contributed by atoms with Crippen LogP contribution in [0.2, 0.25) is 0 Å². The SMILES string of the molecule is O=P(O)(c1ccccc1C1CCCCC1)C1CCCCC1. The van der Waals surface area contributed by atoms with Crippen molar-refractivity contribution in [1.29, 1.82) is 0 Å². The fraction of sp³-hybridized carbons (Fsp3) is 0.667. The summed E-state index contributed by atoms with van der Waals surface area (Å²) in [6, 6.07) is 8.01. The number of hydrogen-bond acceptors (Lipinski definition) is 1. The predicted octanol–water partition coefficient (Wildman–Crippen LogP) is 4.96. The third-order valence-corrected chi connectivity index (χ3v) is 8.00. The summed E-state index contributed by atoms with van der Waals surface area (Å²) >= 11 is 0. The van der Waals surface area contributed by atoms with Crippen molar-refractivity contribution >= 4 is 12.7 Å². The van der Waals surface area contributed by atoms with Crippen LogP contribution in [0.25, 0.3) is 0 Å². The minimum atomic E-state index is -3.22. The van der Waals surface area contributed by atoms with E-state index in [2.05, 4.69) is 6.07 Å². The molecule has 0 heterocycles. The summed E-state index contributed by atoms with van der Waals surface area (Å²) in [4.78, 5) is 10.9. The highest BCUT2D eigenvalue weighted by atomic mass is 31.2. The maximum absolute atomic E-state index is 13.2. The van der Waals surface area contributed by atoms with Crippen LogP contribution in [-0.4, -0.2) is 10.6 Å². The Hall–Kier alpha value is -0.590. The zero-order valence-corrected chi connectivity index (χ0v) is 13.7. The van der Waals surface area contributed by atoms with Gasteiger partial charge in [-0.15, -0.1) is 0 Å². The summed E-state index contributed by atoms with van der Waals surface area (Å²) in [5.74, 6) is 0.499. The Labute approximate surface area is 128 Å². The van der Waals surface area contributed by atoms with Crippen LogP contribution in [0.4, 0.5) is 0 Å². The Kier molecular flexibility index (Phi) is 4.86. The summed E-state index contributed by atoms with van der Waals surface area (Å²) in [6.07, 6.45) is 11.5. The Morgan fingerprint density at radius 3 is 2.10 bits per heavy atom. The van der Waals surface area contributed by atoms with E-state index in [-0.39, 0.29) is 5.66 Å². The van der Waals surface area contributed by atoms with Gasteiger partial charge >= 0.3 is 0 Å². The van der Waals surface area contributed by atoms with Crippen molar-refractivity contribution in [2.24, 2.45) is 0 Å². The molecule has 0 amide bonds. The average Bonchev–Trinajstić information content (AvgIpc) is 2.56. The summed E-state index contributed by atoms with van der Waals surface area (Å²) in [7, 11) is -3.22. The van der Waals surface area contributed by atoms with Gasteiger partial charge in [0.05, 0.1) is 0 Å². The monoisotopic (exact) mass is 306 g/mol. The maximum Gasteiger partial charge on any atom is 0.232 e. The van der Waals surface area contributed by atoms with Gasteiger partial charge in [0.25, 0.3) is 0 Å². The van der Waals surface area contributed by atoms with Crippen LogP contribution in [0.1, 0.15) is 75.7 Å². The Bertz CT molecular complexity index is 514. The van der Waals surface area contributed by atoms with Gasteiger partial charge in [-0.1, -0.05) is 56.7 Å². The molecular formula is C18H27O2P. The maximum atomic E-state index is 13.2. The van der Waals surface area contributed by atoms with Crippen LogP contribution in [0, 0.1) is 0 Å². The molecule has 2 fully saturated rings. The van der Waals surface area contributed by atoms with Crippen LogP contribution in [0.5, 0.6) is 0 Å². The summed E-state index contributed by atoms with van der Waals surface area (Å²) in [5.41, 5.74) is 1.17. The van der Waals surface area contributed by atoms with Gasteiger partial charge in [-0.3, -0.25) is 4.57 Å². The second-order valence-corrected chi connectivity index (χ2v) is 9.27. The normalized spacial score (nSPS) is 24.6. The molecule has 21 heavy (non-hydrogen) atoms. The molecule has 0 bridgehead atoms. The first-order valence-corrected chi connectivity index (χ1v) is 10.3. The van der Waals surface area contributed by atoms with Crippen molar-refractivity contribution in [2.75, 3.05) is 0 Å². The fourth-order valence-electron chi connectivity index (χ4n) is 4.17. The molecule has 2 aliphatic rings. The summed E-state index contributed by atoms with van der Waals surface area (Å²) < 4.78 is 13.2. The first-order chi connectivity index (χ1) is 10.2. The van der Waals surface area contributed by atoms with E-state index < -0.39 is 7.37 Å². The molecule has 0 spiro atoms. The van der Waals surface area contributed by atoms with Gasteiger partial charge in [0.1, 0.15) is 0 Å². The van der Waals surface area contributed by atoms with Crippen molar-refractivity contribution in [3.63, 3.8) is 0 Å². The number of benzene rings is 1. The smallest absolute Gasteiger partial charge is 0.232 e. The topological polar surface area (TPSA) is 37.3 Å². The molecule has 1 atom stereocenters. The third kappa shape index (κ3) is 3.27. The molecule has 0 aromatic heterocycles. The molecule has 2 aliphatic carbocycles. The van der Waals surface area contributed by atoms with E-state index in [1.807, 2.05) is 18.2 Å². The van der Waals surface area contributed by atoms with E-state index >= 15 is 0 Å². The van der Waals surface area contributed by atoms with Crippen molar-refractivity contribution in [2.45, 2.75) is 75.8 Å². The molecule has 0 radical (unpaired) electrons. The van der Waals surface area contributed by atoms with Crippen LogP contribution in [0.15, 0.2) is 24.3 Å². The second-order valence-electron chi connectivity index (χ2n) is 6.81. The first kappa shape index (κ1) is 15.3. The second kappa shape index (κ2) is 6.67. The van der Waals surface area contributed by atoms with E-state index in [1.54, 1.807) is 0 Å². The van der Waals surface area contributed by atoms with Crippen LogP contribution in [0.3, 0.4) is 0 Å². The summed E-state index contributed by atoms with van der Waals surface area (Å²) in [5, 5.41) is 0.781. The Balaban J connectivity index is 1.91. The van der Waals surface area contributed by atoms with E-state index in [1.165, 1.54) is 44.1 Å². The quantitative estimate of drug-likeness (QED) is 0.801. The van der Waals surface area contributed by atoms with Gasteiger partial charge in [0.15, 0.2) is 0 Å². The molecule has 0 aliphatic heterocycles. The van der Waals surface area contributed by atoms with Crippen LogP contribution < -0.4 is 5.30 Å². The molecule has 3 heteroatoms. The van der Waals surface area contributed by atoms with Gasteiger partial charge in [-0.2, -0.15) is 0 Å². The van der Waals surface area contributed by atoms with Crippen molar-refractivity contribution in [3.05, 3.63) is 29.8 Å². The molecular weight excluding hydrogens is 279 g/mol. The number of hydrogen-bond donors (Lipinski definition) is 1. The molecule has 0 saturated heterocycles. The zero-order chi connectivity index (χ0) is 14.7. The molecule has 1 aromatic carbocycles. The van der Waals surface area contributed by atoms with Gasteiger partial charge < -0.3 is 4.89 Å². The van der Waals surface area contributed by atoms with Gasteiger partial charge in [-0.05, 0) is 43.2 Å². The minimum absolute atomic E-state index is 0.00371. The van der Waals surface area contributed by atoms with Crippen molar-refractivity contribution in [1.82, 2.24) is 0 Å². The highest BCUT2D eigenvalue weighted by Crippen LogP contribution is 2.52. The highest BCUT2D eigenvalue weighted by molar-refractivity contribution is 7.66. The lowest BCUT2D eigenvalue weighted by Gasteiger charge is -2.30. The lowest BCUT2D eigenvalue weighted by Crippen LogP contribution is -2.24. The molecule has 3 rings (SSSR count). The molecule has 1 unspecified atom stereocenters. The largest absolute Gasteiger partial charge is 0.341 e. The first-order valence-electron chi connectivity index (χ1n) is 8.61. The molecule has 2 saturated carbocycles. The van der Waals surface area contributed by atoms with Gasteiger partial charge in [-0.25, -0.2) is 0 Å². The van der Waals surface area contributed by atoms with E-state index in [0.717, 1.165) is 31.0 Å². The molecule has 1 aromatic rings. The molecule has 116 valence electrons. The standard InChI is InChI=1S/C18H27O2P/c19-21(20,16-11-5-2-6-12-16)18-14-8-7-13-17(18)15-9-3-1-4-10-15/h7-8,13-16H,1-6,9-12H2,(H,19,20). The van der Waals surface area contributed by atoms with Crippen LogP contribution in [-0.2, 0) is 4.57 Å². The van der Waals surface area contributed by atoms with Crippen LogP contribution >= 0.6 is 7.37 Å². The predicted molar refractivity (Wildman–Crippen MR) is 88.6 cm³/mol. The summed E-state index contributed by atoms with van der Waals surface area (Å²) in [6.45, 7) is 0. The minimum Gasteiger partial charge on any atom is -0.341 e. The average molecular weight is 306 g/mol. The highest BCUT2D eigenvalue weighted by Gasteiger charge is 2.36. The molecule has 2 nitrogen and oxygen atoms in total. The van der Waals surface area contributed by atoms with E-state index in [0.29, 0.717) is 5.92 Å². The lowest BCUT2D eigenvalue weighted by molar-refractivity contribution is 0.427. The Morgan fingerprint density at radius 2 is 1.43 bits per heavy atom. The van der Waals surface area contributed by atoms with Gasteiger partial charge in [0.2, 0.25) is 7.37 Å². The van der Waals surface area contributed by atoms with Gasteiger partial charge in [0, 0.05) is 11.0 Å². The van der Waals surface area contributed by atoms with Crippen molar-refractivity contribution in [3.8, 4) is 0 Å². The zero-order valence-electron chi connectivity index (χ0n) is 12.8. The van der Waals surface area contributed by atoms with Crippen molar-refractivity contribution < 1.29 is 9.46 Å². The van der Waals surface area contributed by atoms with E-state index in [4.69, 9.17) is 0 Å². The third-order valence-electron chi connectivity index (χ3n) is 5.40. The van der Waals surface area contributed by atoms with E-state index in [9.17, 15) is 9.46 Å². The fourth-order valence-corrected chi connectivity index (χ4v) is 6.55. The Morgan fingerprint density at radius 1 is 0.857 bits per heavy atom.